The van der Waals surface area contributed by atoms with Crippen LogP contribution in [0, 0.1) is 5.41 Å². The van der Waals surface area contributed by atoms with Crippen LogP contribution in [0.5, 0.6) is 0 Å². The molecule has 0 bridgehead atoms. The van der Waals surface area contributed by atoms with Crippen molar-refractivity contribution in [3.05, 3.63) is 0 Å². The molecule has 1 saturated carbocycles. The first kappa shape index (κ1) is 11.7. The van der Waals surface area contributed by atoms with E-state index in [1.54, 1.807) is 7.11 Å². The second kappa shape index (κ2) is 4.89. The van der Waals surface area contributed by atoms with Crippen LogP contribution in [-0.2, 0) is 9.53 Å². The Morgan fingerprint density at radius 3 is 2.57 bits per heavy atom. The summed E-state index contributed by atoms with van der Waals surface area (Å²) in [6.07, 6.45) is 3.60. The van der Waals surface area contributed by atoms with Crippen LogP contribution >= 0.6 is 0 Å². The second-order valence-electron chi connectivity index (χ2n) is 4.80. The summed E-state index contributed by atoms with van der Waals surface area (Å²) in [6, 6.07) is 0.698. The van der Waals surface area contributed by atoms with Crippen molar-refractivity contribution in [1.82, 2.24) is 4.90 Å². The zero-order valence-electron chi connectivity index (χ0n) is 9.45. The highest BCUT2D eigenvalue weighted by atomic mass is 16.5. The minimum absolute atomic E-state index is 0.226. The van der Waals surface area contributed by atoms with E-state index in [9.17, 15) is 4.79 Å². The van der Waals surface area contributed by atoms with Crippen LogP contribution in [0.4, 0.5) is 0 Å². The van der Waals surface area contributed by atoms with Gasteiger partial charge in [0.2, 0.25) is 0 Å². The zero-order chi connectivity index (χ0) is 10.6. The number of ether oxygens (including phenoxy) is 1. The Morgan fingerprint density at radius 2 is 2.14 bits per heavy atom. The van der Waals surface area contributed by atoms with Crippen LogP contribution in [0.15, 0.2) is 0 Å². The van der Waals surface area contributed by atoms with E-state index in [4.69, 9.17) is 4.74 Å². The lowest BCUT2D eigenvalue weighted by atomic mass is 9.95. The van der Waals surface area contributed by atoms with E-state index in [1.807, 2.05) is 13.8 Å². The monoisotopic (exact) mass is 199 g/mol. The highest BCUT2D eigenvalue weighted by Gasteiger charge is 2.32. The Hall–Kier alpha value is -0.410. The fraction of sp³-hybridized carbons (Fsp3) is 0.909. The van der Waals surface area contributed by atoms with Gasteiger partial charge in [-0.2, -0.15) is 0 Å². The van der Waals surface area contributed by atoms with Crippen molar-refractivity contribution in [2.24, 2.45) is 5.41 Å². The Labute approximate surface area is 86.4 Å². The molecule has 0 aliphatic heterocycles. The largest absolute Gasteiger partial charge is 0.383 e. The van der Waals surface area contributed by atoms with Crippen LogP contribution in [0.2, 0.25) is 0 Å². The van der Waals surface area contributed by atoms with E-state index in [0.717, 1.165) is 26.0 Å². The Bertz CT molecular complexity index is 188. The molecule has 0 atom stereocenters. The van der Waals surface area contributed by atoms with Crippen LogP contribution in [0.3, 0.4) is 0 Å². The van der Waals surface area contributed by atoms with Gasteiger partial charge in [0, 0.05) is 31.7 Å². The van der Waals surface area contributed by atoms with Gasteiger partial charge in [-0.1, -0.05) is 13.8 Å². The number of methoxy groups -OCH3 is 1. The van der Waals surface area contributed by atoms with Gasteiger partial charge < -0.3 is 9.53 Å². The minimum atomic E-state index is -0.226. The quantitative estimate of drug-likeness (QED) is 0.579. The van der Waals surface area contributed by atoms with Gasteiger partial charge in [0.15, 0.2) is 0 Å². The summed E-state index contributed by atoms with van der Waals surface area (Å²) >= 11 is 0. The number of aldehydes is 1. The van der Waals surface area contributed by atoms with Gasteiger partial charge in [-0.3, -0.25) is 4.90 Å². The Morgan fingerprint density at radius 1 is 1.50 bits per heavy atom. The van der Waals surface area contributed by atoms with Crippen molar-refractivity contribution >= 4 is 6.29 Å². The summed E-state index contributed by atoms with van der Waals surface area (Å²) in [5, 5.41) is 0. The lowest BCUT2D eigenvalue weighted by molar-refractivity contribution is -0.115. The summed E-state index contributed by atoms with van der Waals surface area (Å²) in [5.41, 5.74) is -0.226. The molecule has 0 saturated heterocycles. The fourth-order valence-electron chi connectivity index (χ4n) is 1.60. The molecule has 14 heavy (non-hydrogen) atoms. The molecule has 1 aliphatic rings. The molecule has 0 heterocycles. The maximum atomic E-state index is 10.8. The SMILES string of the molecule is COCCN(CC(C)(C)C=O)C1CC1. The highest BCUT2D eigenvalue weighted by Crippen LogP contribution is 2.29. The van der Waals surface area contributed by atoms with Crippen LogP contribution in [0.1, 0.15) is 26.7 Å². The van der Waals surface area contributed by atoms with E-state index >= 15 is 0 Å². The van der Waals surface area contributed by atoms with Crippen LogP contribution < -0.4 is 0 Å². The van der Waals surface area contributed by atoms with E-state index < -0.39 is 0 Å². The molecule has 82 valence electrons. The molecule has 0 N–H and O–H groups in total. The topological polar surface area (TPSA) is 29.5 Å². The predicted octanol–water partition coefficient (Wildman–Crippen LogP) is 1.32. The summed E-state index contributed by atoms with van der Waals surface area (Å²) in [4.78, 5) is 13.2. The third kappa shape index (κ3) is 3.76. The molecule has 0 aromatic carbocycles. The smallest absolute Gasteiger partial charge is 0.126 e. The number of carbonyl (C=O) groups is 1. The summed E-state index contributed by atoms with van der Waals surface area (Å²) < 4.78 is 5.07. The molecule has 3 heteroatoms. The van der Waals surface area contributed by atoms with Crippen molar-refractivity contribution in [2.45, 2.75) is 32.7 Å². The summed E-state index contributed by atoms with van der Waals surface area (Å²) in [6.45, 7) is 6.53. The standard InChI is InChI=1S/C11H21NO2/c1-11(2,9-13)8-12(6-7-14-3)10-4-5-10/h9-10H,4-8H2,1-3H3. The molecule has 0 amide bonds. The van der Waals surface area contributed by atoms with Crippen molar-refractivity contribution in [3.8, 4) is 0 Å². The Balaban J connectivity index is 2.38. The molecule has 1 aliphatic carbocycles. The van der Waals surface area contributed by atoms with Crippen molar-refractivity contribution < 1.29 is 9.53 Å². The Kier molecular flexibility index (Phi) is 4.08. The molecule has 0 radical (unpaired) electrons. The van der Waals surface area contributed by atoms with E-state index in [2.05, 4.69) is 4.90 Å². The van der Waals surface area contributed by atoms with E-state index in [-0.39, 0.29) is 5.41 Å². The third-order valence-corrected chi connectivity index (χ3v) is 2.58. The molecule has 3 nitrogen and oxygen atoms in total. The first-order valence-corrected chi connectivity index (χ1v) is 5.28. The van der Waals surface area contributed by atoms with Gasteiger partial charge in [-0.15, -0.1) is 0 Å². The lowest BCUT2D eigenvalue weighted by Crippen LogP contribution is -2.38. The van der Waals surface area contributed by atoms with Crippen LogP contribution in [0.25, 0.3) is 0 Å². The maximum absolute atomic E-state index is 10.8. The van der Waals surface area contributed by atoms with E-state index in [0.29, 0.717) is 6.04 Å². The molecular weight excluding hydrogens is 178 g/mol. The highest BCUT2D eigenvalue weighted by molar-refractivity contribution is 5.58. The van der Waals surface area contributed by atoms with Crippen molar-refractivity contribution in [2.75, 3.05) is 26.8 Å². The molecule has 0 unspecified atom stereocenters. The van der Waals surface area contributed by atoms with E-state index in [1.165, 1.54) is 12.8 Å². The number of carbonyl (C=O) groups excluding carboxylic acids is 1. The third-order valence-electron chi connectivity index (χ3n) is 2.58. The molecule has 1 rings (SSSR count). The van der Waals surface area contributed by atoms with Gasteiger partial charge >= 0.3 is 0 Å². The van der Waals surface area contributed by atoms with Gasteiger partial charge in [0.1, 0.15) is 6.29 Å². The van der Waals surface area contributed by atoms with Gasteiger partial charge in [-0.05, 0) is 12.8 Å². The van der Waals surface area contributed by atoms with Gasteiger partial charge in [0.05, 0.1) is 6.61 Å². The number of rotatable bonds is 7. The first-order valence-electron chi connectivity index (χ1n) is 5.28. The number of hydrogen-bond donors (Lipinski definition) is 0. The zero-order valence-corrected chi connectivity index (χ0v) is 9.45. The molecular formula is C11H21NO2. The normalized spacial score (nSPS) is 17.4. The van der Waals surface area contributed by atoms with Crippen LogP contribution in [-0.4, -0.2) is 44.0 Å². The minimum Gasteiger partial charge on any atom is -0.383 e. The second-order valence-corrected chi connectivity index (χ2v) is 4.80. The molecule has 0 aromatic rings. The lowest BCUT2D eigenvalue weighted by Gasteiger charge is -2.28. The maximum Gasteiger partial charge on any atom is 0.126 e. The molecule has 0 spiro atoms. The van der Waals surface area contributed by atoms with Gasteiger partial charge in [0.25, 0.3) is 0 Å². The number of hydrogen-bond acceptors (Lipinski definition) is 3. The van der Waals surface area contributed by atoms with Gasteiger partial charge in [-0.25, -0.2) is 0 Å². The first-order chi connectivity index (χ1) is 6.59. The molecule has 1 fully saturated rings. The van der Waals surface area contributed by atoms with Crippen molar-refractivity contribution in [3.63, 3.8) is 0 Å². The predicted molar refractivity (Wildman–Crippen MR) is 56.3 cm³/mol. The molecule has 0 aromatic heterocycles. The average Bonchev–Trinajstić information content (AvgIpc) is 2.95. The summed E-state index contributed by atoms with van der Waals surface area (Å²) in [7, 11) is 1.72. The van der Waals surface area contributed by atoms with Crippen molar-refractivity contribution in [1.29, 1.82) is 0 Å². The fourth-order valence-corrected chi connectivity index (χ4v) is 1.60. The average molecular weight is 199 g/mol. The summed E-state index contributed by atoms with van der Waals surface area (Å²) in [5.74, 6) is 0. The number of nitrogens with zero attached hydrogens (tertiary/aromatic N) is 1.